The Bertz CT molecular complexity index is 1070. The quantitative estimate of drug-likeness (QED) is 0.508. The highest BCUT2D eigenvalue weighted by atomic mass is 32.1. The SMILES string of the molecule is C[C@H](NC(=O)C(=O)NCc1ccc(F)cc1)[C@@H](c1cccs1)N1CCN(c2ccccc2)CC1. The second kappa shape index (κ2) is 11.3. The van der Waals surface area contributed by atoms with E-state index in [4.69, 9.17) is 0 Å². The first-order chi connectivity index (χ1) is 16.5. The molecule has 2 aromatic carbocycles. The number of para-hydroxylation sites is 1. The number of halogens is 1. The minimum Gasteiger partial charge on any atom is -0.369 e. The van der Waals surface area contributed by atoms with Gasteiger partial charge < -0.3 is 15.5 Å². The second-order valence-electron chi connectivity index (χ2n) is 8.39. The smallest absolute Gasteiger partial charge is 0.309 e. The second-order valence-corrected chi connectivity index (χ2v) is 9.37. The summed E-state index contributed by atoms with van der Waals surface area (Å²) in [5.74, 6) is -1.71. The number of nitrogens with one attached hydrogen (secondary N) is 2. The Labute approximate surface area is 203 Å². The van der Waals surface area contributed by atoms with Gasteiger partial charge in [-0.05, 0) is 48.2 Å². The molecule has 2 N–H and O–H groups in total. The van der Waals surface area contributed by atoms with Crippen molar-refractivity contribution >= 4 is 28.8 Å². The Balaban J connectivity index is 1.36. The number of benzene rings is 2. The van der Waals surface area contributed by atoms with Gasteiger partial charge in [-0.25, -0.2) is 4.39 Å². The standard InChI is InChI=1S/C26H29FN4O2S/c1-19(29-26(33)25(32)28-18-20-9-11-21(27)12-10-20)24(23-8-5-17-34-23)31-15-13-30(14-16-31)22-6-3-2-4-7-22/h2-12,17,19,24H,13-16,18H2,1H3,(H,28,32)(H,29,33)/t19-,24-/m0/s1. The lowest BCUT2D eigenvalue weighted by atomic mass is 10.0. The highest BCUT2D eigenvalue weighted by molar-refractivity contribution is 7.10. The van der Waals surface area contributed by atoms with Gasteiger partial charge in [0.15, 0.2) is 0 Å². The first-order valence-electron chi connectivity index (χ1n) is 11.4. The third-order valence-electron chi connectivity index (χ3n) is 6.07. The van der Waals surface area contributed by atoms with Crippen molar-refractivity contribution < 1.29 is 14.0 Å². The molecule has 178 valence electrons. The Morgan fingerprint density at radius 2 is 1.65 bits per heavy atom. The number of piperazine rings is 1. The van der Waals surface area contributed by atoms with Gasteiger partial charge in [-0.15, -0.1) is 11.3 Å². The van der Waals surface area contributed by atoms with Gasteiger partial charge in [0.05, 0.1) is 6.04 Å². The van der Waals surface area contributed by atoms with Gasteiger partial charge in [0, 0.05) is 49.3 Å². The van der Waals surface area contributed by atoms with E-state index in [1.54, 1.807) is 23.5 Å². The summed E-state index contributed by atoms with van der Waals surface area (Å²) in [7, 11) is 0. The highest BCUT2D eigenvalue weighted by Crippen LogP contribution is 2.30. The molecule has 1 saturated heterocycles. The summed E-state index contributed by atoms with van der Waals surface area (Å²) in [6.45, 7) is 5.61. The minimum atomic E-state index is -0.699. The third-order valence-corrected chi connectivity index (χ3v) is 7.01. The normalized spacial score (nSPS) is 16.0. The topological polar surface area (TPSA) is 64.7 Å². The van der Waals surface area contributed by atoms with Gasteiger partial charge in [-0.1, -0.05) is 36.4 Å². The fourth-order valence-corrected chi connectivity index (χ4v) is 5.28. The van der Waals surface area contributed by atoms with Crippen molar-refractivity contribution in [1.29, 1.82) is 0 Å². The Morgan fingerprint density at radius 1 is 0.941 bits per heavy atom. The van der Waals surface area contributed by atoms with Crippen molar-refractivity contribution in [2.75, 3.05) is 31.1 Å². The van der Waals surface area contributed by atoms with Crippen LogP contribution < -0.4 is 15.5 Å². The maximum absolute atomic E-state index is 13.1. The largest absolute Gasteiger partial charge is 0.369 e. The maximum Gasteiger partial charge on any atom is 0.309 e. The van der Waals surface area contributed by atoms with Crippen molar-refractivity contribution in [2.45, 2.75) is 25.6 Å². The molecule has 2 heterocycles. The van der Waals surface area contributed by atoms with Gasteiger partial charge in [-0.3, -0.25) is 14.5 Å². The first-order valence-corrected chi connectivity index (χ1v) is 12.3. The van der Waals surface area contributed by atoms with Gasteiger partial charge in [-0.2, -0.15) is 0 Å². The maximum atomic E-state index is 13.1. The van der Waals surface area contributed by atoms with Crippen molar-refractivity contribution in [1.82, 2.24) is 15.5 Å². The fraction of sp³-hybridized carbons (Fsp3) is 0.308. The lowest BCUT2D eigenvalue weighted by Gasteiger charge is -2.42. The third kappa shape index (κ3) is 6.01. The lowest BCUT2D eigenvalue weighted by molar-refractivity contribution is -0.140. The van der Waals surface area contributed by atoms with Crippen LogP contribution in [0.1, 0.15) is 23.4 Å². The molecule has 1 fully saturated rings. The van der Waals surface area contributed by atoms with E-state index in [1.807, 2.05) is 24.4 Å². The number of amides is 2. The predicted molar refractivity (Wildman–Crippen MR) is 133 cm³/mol. The van der Waals surface area contributed by atoms with E-state index in [0.717, 1.165) is 36.6 Å². The number of hydrogen-bond acceptors (Lipinski definition) is 5. The van der Waals surface area contributed by atoms with Crippen LogP contribution >= 0.6 is 11.3 Å². The molecule has 2 amide bonds. The van der Waals surface area contributed by atoms with Crippen LogP contribution in [0.5, 0.6) is 0 Å². The molecule has 1 aliphatic heterocycles. The summed E-state index contributed by atoms with van der Waals surface area (Å²) in [5.41, 5.74) is 1.94. The summed E-state index contributed by atoms with van der Waals surface area (Å²) in [6, 6.07) is 20.0. The molecule has 0 radical (unpaired) electrons. The van der Waals surface area contributed by atoms with Crippen LogP contribution in [0.3, 0.4) is 0 Å². The zero-order valence-electron chi connectivity index (χ0n) is 19.1. The molecule has 6 nitrogen and oxygen atoms in total. The number of carbonyl (C=O) groups is 2. The number of anilines is 1. The van der Waals surface area contributed by atoms with Crippen LogP contribution in [0, 0.1) is 5.82 Å². The Hall–Kier alpha value is -3.23. The number of carbonyl (C=O) groups excluding carboxylic acids is 2. The molecule has 0 saturated carbocycles. The molecule has 0 unspecified atom stereocenters. The molecular formula is C26H29FN4O2S. The summed E-state index contributed by atoms with van der Waals surface area (Å²) >= 11 is 1.66. The molecule has 1 aliphatic rings. The monoisotopic (exact) mass is 480 g/mol. The van der Waals surface area contributed by atoms with E-state index in [1.165, 1.54) is 17.8 Å². The van der Waals surface area contributed by atoms with Gasteiger partial charge in [0.2, 0.25) is 0 Å². The molecular weight excluding hydrogens is 451 g/mol. The van der Waals surface area contributed by atoms with E-state index in [0.29, 0.717) is 0 Å². The van der Waals surface area contributed by atoms with Crippen LogP contribution in [0.2, 0.25) is 0 Å². The summed E-state index contributed by atoms with van der Waals surface area (Å²) in [4.78, 5) is 30.9. The average Bonchev–Trinajstić information content (AvgIpc) is 3.39. The molecule has 1 aromatic heterocycles. The highest BCUT2D eigenvalue weighted by Gasteiger charge is 2.31. The molecule has 4 rings (SSSR count). The summed E-state index contributed by atoms with van der Waals surface area (Å²) < 4.78 is 13.1. The van der Waals surface area contributed by atoms with Crippen LogP contribution in [0.25, 0.3) is 0 Å². The molecule has 0 aliphatic carbocycles. The van der Waals surface area contributed by atoms with Crippen molar-refractivity contribution in [3.63, 3.8) is 0 Å². The van der Waals surface area contributed by atoms with E-state index in [2.05, 4.69) is 50.8 Å². The first kappa shape index (κ1) is 23.9. The summed E-state index contributed by atoms with van der Waals surface area (Å²) in [6.07, 6.45) is 0. The van der Waals surface area contributed by atoms with Gasteiger partial charge in [0.25, 0.3) is 0 Å². The van der Waals surface area contributed by atoms with Crippen molar-refractivity contribution in [3.05, 3.63) is 88.4 Å². The van der Waals surface area contributed by atoms with Crippen LogP contribution in [-0.2, 0) is 16.1 Å². The zero-order chi connectivity index (χ0) is 23.9. The van der Waals surface area contributed by atoms with Crippen LogP contribution in [0.4, 0.5) is 10.1 Å². The number of nitrogens with zero attached hydrogens (tertiary/aromatic N) is 2. The molecule has 8 heteroatoms. The molecule has 0 spiro atoms. The predicted octanol–water partition coefficient (Wildman–Crippen LogP) is 3.57. The van der Waals surface area contributed by atoms with E-state index >= 15 is 0 Å². The molecule has 0 bridgehead atoms. The number of rotatable bonds is 7. The fourth-order valence-electron chi connectivity index (χ4n) is 4.32. The van der Waals surface area contributed by atoms with Gasteiger partial charge in [0.1, 0.15) is 5.82 Å². The molecule has 3 aromatic rings. The number of hydrogen-bond donors (Lipinski definition) is 2. The van der Waals surface area contributed by atoms with Crippen LogP contribution in [0.15, 0.2) is 72.1 Å². The Kier molecular flexibility index (Phi) is 7.92. The zero-order valence-corrected chi connectivity index (χ0v) is 19.9. The molecule has 34 heavy (non-hydrogen) atoms. The molecule has 2 atom stereocenters. The van der Waals surface area contributed by atoms with Crippen molar-refractivity contribution in [2.24, 2.45) is 0 Å². The van der Waals surface area contributed by atoms with E-state index in [9.17, 15) is 14.0 Å². The van der Waals surface area contributed by atoms with E-state index < -0.39 is 11.8 Å². The number of thiophene rings is 1. The minimum absolute atomic E-state index is 0.0215. The lowest BCUT2D eigenvalue weighted by Crippen LogP contribution is -2.53. The van der Waals surface area contributed by atoms with Gasteiger partial charge >= 0.3 is 11.8 Å². The summed E-state index contributed by atoms with van der Waals surface area (Å²) in [5, 5.41) is 7.54. The van der Waals surface area contributed by atoms with Crippen molar-refractivity contribution in [3.8, 4) is 0 Å². The van der Waals surface area contributed by atoms with E-state index in [-0.39, 0.29) is 24.4 Å². The average molecular weight is 481 g/mol. The Morgan fingerprint density at radius 3 is 2.29 bits per heavy atom. The van der Waals surface area contributed by atoms with Crippen LogP contribution in [-0.4, -0.2) is 48.9 Å².